The number of ether oxygens (including phenoxy) is 2. The number of rotatable bonds is 6. The maximum atomic E-state index is 11.8. The van der Waals surface area contributed by atoms with Crippen molar-refractivity contribution in [2.24, 2.45) is 5.10 Å². The van der Waals surface area contributed by atoms with Crippen LogP contribution >= 0.6 is 15.9 Å². The predicted octanol–water partition coefficient (Wildman–Crippen LogP) is 1.63. The number of halogens is 1. The Kier molecular flexibility index (Phi) is 6.82. The van der Waals surface area contributed by atoms with E-state index in [-0.39, 0.29) is 5.91 Å². The third kappa shape index (κ3) is 5.40. The quantitative estimate of drug-likeness (QED) is 0.611. The molecule has 0 bridgehead atoms. The molecule has 1 fully saturated rings. The minimum absolute atomic E-state index is 0.100. The Morgan fingerprint density at radius 1 is 1.50 bits per heavy atom. The van der Waals surface area contributed by atoms with Gasteiger partial charge in [0.15, 0.2) is 0 Å². The van der Waals surface area contributed by atoms with Crippen LogP contribution in [0.5, 0.6) is 5.75 Å². The molecule has 22 heavy (non-hydrogen) atoms. The second-order valence-electron chi connectivity index (χ2n) is 4.88. The minimum atomic E-state index is -0.100. The van der Waals surface area contributed by atoms with E-state index in [1.165, 1.54) is 0 Å². The summed E-state index contributed by atoms with van der Waals surface area (Å²) in [6, 6.07) is 5.60. The molecule has 1 aliphatic heterocycles. The fourth-order valence-electron chi connectivity index (χ4n) is 2.12. The molecule has 1 amide bonds. The number of hydrazone groups is 1. The summed E-state index contributed by atoms with van der Waals surface area (Å²) >= 11 is 3.39. The molecule has 2 rings (SSSR count). The maximum Gasteiger partial charge on any atom is 0.241 e. The van der Waals surface area contributed by atoms with Gasteiger partial charge in [0, 0.05) is 36.1 Å². The molecule has 120 valence electrons. The van der Waals surface area contributed by atoms with Crippen LogP contribution in [-0.4, -0.2) is 57.0 Å². The molecule has 1 heterocycles. The molecule has 0 aliphatic carbocycles. The lowest BCUT2D eigenvalue weighted by molar-refractivity contribution is -0.121. The lowest BCUT2D eigenvalue weighted by atomic mass is 10.2. The molecule has 0 unspecified atom stereocenters. The third-order valence-corrected chi connectivity index (χ3v) is 3.84. The van der Waals surface area contributed by atoms with E-state index in [1.807, 2.05) is 18.2 Å². The Balaban J connectivity index is 1.79. The van der Waals surface area contributed by atoms with Gasteiger partial charge in [-0.25, -0.2) is 5.43 Å². The molecular formula is C15H20BrN3O3. The molecule has 6 nitrogen and oxygen atoms in total. The molecule has 7 heteroatoms. The van der Waals surface area contributed by atoms with E-state index in [0.29, 0.717) is 12.2 Å². The Hall–Kier alpha value is -1.44. The zero-order valence-corrected chi connectivity index (χ0v) is 14.1. The number of methoxy groups -OCH3 is 1. The molecule has 1 aromatic rings. The number of nitrogens with one attached hydrogen (secondary N) is 1. The highest BCUT2D eigenvalue weighted by atomic mass is 79.9. The average Bonchev–Trinajstić information content (AvgIpc) is 2.54. The van der Waals surface area contributed by atoms with E-state index in [9.17, 15) is 4.79 Å². The highest BCUT2D eigenvalue weighted by Gasteiger charge is 2.11. The number of hydrogen-bond donors (Lipinski definition) is 1. The molecule has 0 aromatic heterocycles. The van der Waals surface area contributed by atoms with Crippen molar-refractivity contribution in [1.29, 1.82) is 0 Å². The van der Waals surface area contributed by atoms with Crippen molar-refractivity contribution in [2.45, 2.75) is 6.42 Å². The Morgan fingerprint density at radius 2 is 2.27 bits per heavy atom. The number of morpholine rings is 1. The maximum absolute atomic E-state index is 11.8. The third-order valence-electron chi connectivity index (χ3n) is 3.34. The Labute approximate surface area is 138 Å². The van der Waals surface area contributed by atoms with Crippen LogP contribution in [0.25, 0.3) is 0 Å². The van der Waals surface area contributed by atoms with Crippen molar-refractivity contribution < 1.29 is 14.3 Å². The molecule has 0 spiro atoms. The highest BCUT2D eigenvalue weighted by molar-refractivity contribution is 9.10. The van der Waals surface area contributed by atoms with E-state index < -0.39 is 0 Å². The topological polar surface area (TPSA) is 63.2 Å². The molecule has 0 radical (unpaired) electrons. The van der Waals surface area contributed by atoms with Gasteiger partial charge in [-0.3, -0.25) is 9.69 Å². The Morgan fingerprint density at radius 3 is 3.00 bits per heavy atom. The normalized spacial score (nSPS) is 15.9. The van der Waals surface area contributed by atoms with Crippen LogP contribution in [0, 0.1) is 0 Å². The van der Waals surface area contributed by atoms with Gasteiger partial charge in [0.25, 0.3) is 0 Å². The second-order valence-corrected chi connectivity index (χ2v) is 5.80. The SMILES string of the molecule is COc1ccc(Br)cc1C=NNC(=O)CCN1CCOCC1. The summed E-state index contributed by atoms with van der Waals surface area (Å²) in [6.45, 7) is 3.97. The van der Waals surface area contributed by atoms with Crippen LogP contribution in [-0.2, 0) is 9.53 Å². The van der Waals surface area contributed by atoms with Crippen LogP contribution in [0.4, 0.5) is 0 Å². The molecule has 0 saturated carbocycles. The van der Waals surface area contributed by atoms with Gasteiger partial charge < -0.3 is 9.47 Å². The molecule has 1 saturated heterocycles. The highest BCUT2D eigenvalue weighted by Crippen LogP contribution is 2.21. The minimum Gasteiger partial charge on any atom is -0.496 e. The number of benzene rings is 1. The zero-order valence-electron chi connectivity index (χ0n) is 12.5. The van der Waals surface area contributed by atoms with Gasteiger partial charge in [-0.2, -0.15) is 5.10 Å². The fraction of sp³-hybridized carbons (Fsp3) is 0.467. The summed E-state index contributed by atoms with van der Waals surface area (Å²) < 4.78 is 11.4. The molecule has 0 atom stereocenters. The smallest absolute Gasteiger partial charge is 0.241 e. The van der Waals surface area contributed by atoms with Crippen molar-refractivity contribution in [3.05, 3.63) is 28.2 Å². The lowest BCUT2D eigenvalue weighted by Gasteiger charge is -2.25. The molecule has 1 N–H and O–H groups in total. The largest absolute Gasteiger partial charge is 0.496 e. The van der Waals surface area contributed by atoms with Crippen LogP contribution in [0.1, 0.15) is 12.0 Å². The van der Waals surface area contributed by atoms with Gasteiger partial charge >= 0.3 is 0 Å². The van der Waals surface area contributed by atoms with Gasteiger partial charge in [0.1, 0.15) is 5.75 Å². The van der Waals surface area contributed by atoms with E-state index in [1.54, 1.807) is 13.3 Å². The van der Waals surface area contributed by atoms with E-state index in [2.05, 4.69) is 31.4 Å². The lowest BCUT2D eigenvalue weighted by Crippen LogP contribution is -2.38. The van der Waals surface area contributed by atoms with Crippen LogP contribution < -0.4 is 10.2 Å². The number of nitrogens with zero attached hydrogens (tertiary/aromatic N) is 2. The monoisotopic (exact) mass is 369 g/mol. The summed E-state index contributed by atoms with van der Waals surface area (Å²) in [5.41, 5.74) is 3.34. The van der Waals surface area contributed by atoms with E-state index >= 15 is 0 Å². The van der Waals surface area contributed by atoms with Gasteiger partial charge in [0.05, 0.1) is 26.5 Å². The summed E-state index contributed by atoms with van der Waals surface area (Å²) in [7, 11) is 1.60. The number of carbonyl (C=O) groups excluding carboxylic acids is 1. The average molecular weight is 370 g/mol. The van der Waals surface area contributed by atoms with Gasteiger partial charge in [-0.05, 0) is 18.2 Å². The first-order valence-electron chi connectivity index (χ1n) is 7.14. The van der Waals surface area contributed by atoms with Crippen LogP contribution in [0.15, 0.2) is 27.8 Å². The van der Waals surface area contributed by atoms with E-state index in [0.717, 1.165) is 42.9 Å². The molecule has 1 aromatic carbocycles. The zero-order chi connectivity index (χ0) is 15.8. The van der Waals surface area contributed by atoms with Crippen molar-refractivity contribution in [3.63, 3.8) is 0 Å². The molecular weight excluding hydrogens is 350 g/mol. The van der Waals surface area contributed by atoms with Crippen molar-refractivity contribution in [2.75, 3.05) is 40.0 Å². The van der Waals surface area contributed by atoms with Gasteiger partial charge in [-0.1, -0.05) is 15.9 Å². The first kappa shape index (κ1) is 16.9. The first-order chi connectivity index (χ1) is 10.7. The van der Waals surface area contributed by atoms with E-state index in [4.69, 9.17) is 9.47 Å². The molecule has 1 aliphatic rings. The summed E-state index contributed by atoms with van der Waals surface area (Å²) in [4.78, 5) is 14.0. The predicted molar refractivity (Wildman–Crippen MR) is 88.3 cm³/mol. The fourth-order valence-corrected chi connectivity index (χ4v) is 2.50. The summed E-state index contributed by atoms with van der Waals surface area (Å²) in [6.07, 6.45) is 2.00. The first-order valence-corrected chi connectivity index (χ1v) is 7.94. The van der Waals surface area contributed by atoms with Crippen LogP contribution in [0.3, 0.4) is 0 Å². The number of amides is 1. The van der Waals surface area contributed by atoms with Crippen molar-refractivity contribution >= 4 is 28.1 Å². The Bertz CT molecular complexity index is 531. The summed E-state index contributed by atoms with van der Waals surface area (Å²) in [5.74, 6) is 0.603. The van der Waals surface area contributed by atoms with Gasteiger partial charge in [0.2, 0.25) is 5.91 Å². The van der Waals surface area contributed by atoms with Crippen molar-refractivity contribution in [1.82, 2.24) is 10.3 Å². The van der Waals surface area contributed by atoms with Crippen LogP contribution in [0.2, 0.25) is 0 Å². The number of hydrogen-bond acceptors (Lipinski definition) is 5. The second kappa shape index (κ2) is 8.87. The summed E-state index contributed by atoms with van der Waals surface area (Å²) in [5, 5.41) is 3.99. The van der Waals surface area contributed by atoms with Gasteiger partial charge in [-0.15, -0.1) is 0 Å². The van der Waals surface area contributed by atoms with Crippen molar-refractivity contribution in [3.8, 4) is 5.75 Å². The number of carbonyl (C=O) groups is 1. The standard InChI is InChI=1S/C15H20BrN3O3/c1-21-14-3-2-13(16)10-12(14)11-17-18-15(20)4-5-19-6-8-22-9-7-19/h2-3,10-11H,4-9H2,1H3,(H,18,20).